The topological polar surface area (TPSA) is 6.48 Å². The first-order chi connectivity index (χ1) is 26.2. The fourth-order valence-electron chi connectivity index (χ4n) is 9.52. The van der Waals surface area contributed by atoms with Crippen molar-refractivity contribution in [3.63, 3.8) is 0 Å². The molecule has 2 nitrogen and oxygen atoms in total. The zero-order valence-electron chi connectivity index (χ0n) is 37.8. The zero-order chi connectivity index (χ0) is 38.3. The van der Waals surface area contributed by atoms with Crippen molar-refractivity contribution in [2.45, 2.75) is 298 Å². The third-order valence-corrected chi connectivity index (χ3v) is 13.0. The van der Waals surface area contributed by atoms with Gasteiger partial charge >= 0.3 is 0 Å². The van der Waals surface area contributed by atoms with E-state index >= 15 is 0 Å². The Bertz CT molecular complexity index is 747. The van der Waals surface area contributed by atoms with Crippen molar-refractivity contribution in [2.24, 2.45) is 5.41 Å². The van der Waals surface area contributed by atoms with E-state index in [0.717, 1.165) is 0 Å². The van der Waals surface area contributed by atoms with Crippen molar-refractivity contribution >= 4 is 0 Å². The Hall–Kier alpha value is -0.660. The minimum absolute atomic E-state index is 0.432. The van der Waals surface area contributed by atoms with Gasteiger partial charge in [-0.1, -0.05) is 259 Å². The predicted molar refractivity (Wildman–Crippen MR) is 242 cm³/mol. The lowest BCUT2D eigenvalue weighted by Crippen LogP contribution is -2.52. The van der Waals surface area contributed by atoms with Crippen LogP contribution >= 0.6 is 0 Å². The Kier molecular flexibility index (Phi) is 36.3. The average molecular weight is 743 g/mol. The summed E-state index contributed by atoms with van der Waals surface area (Å²) in [6, 6.07) is 0. The summed E-state index contributed by atoms with van der Waals surface area (Å²) in [6.07, 6.45) is 63.1. The Morgan fingerprint density at radius 1 is 0.283 bits per heavy atom. The van der Waals surface area contributed by atoms with Crippen LogP contribution in [0, 0.1) is 5.41 Å². The molecule has 0 bridgehead atoms. The molecule has 1 aliphatic heterocycles. The smallest absolute Gasteiger partial charge is 0.106 e. The van der Waals surface area contributed by atoms with E-state index < -0.39 is 0 Å². The van der Waals surface area contributed by atoms with Gasteiger partial charge in [0.05, 0.1) is 0 Å². The minimum Gasteiger partial charge on any atom is -0.356 e. The highest BCUT2D eigenvalue weighted by molar-refractivity contribution is 5.05. The van der Waals surface area contributed by atoms with E-state index in [1.165, 1.54) is 270 Å². The van der Waals surface area contributed by atoms with E-state index in [4.69, 9.17) is 0 Å². The largest absolute Gasteiger partial charge is 0.356 e. The fraction of sp³-hybridized carbons (Fsp3) is 0.961. The minimum atomic E-state index is 0.432. The number of unbranched alkanes of at least 4 members (excludes halogenated alkanes) is 32. The van der Waals surface area contributed by atoms with Gasteiger partial charge in [0.15, 0.2) is 0 Å². The Balaban J connectivity index is 3.03. The Morgan fingerprint density at radius 3 is 0.792 bits per heavy atom. The summed E-state index contributed by atoms with van der Waals surface area (Å²) in [5.41, 5.74) is 0.432. The third-order valence-electron chi connectivity index (χ3n) is 13.0. The van der Waals surface area contributed by atoms with Crippen LogP contribution in [-0.2, 0) is 0 Å². The van der Waals surface area contributed by atoms with Crippen LogP contribution in [-0.4, -0.2) is 29.1 Å². The van der Waals surface area contributed by atoms with E-state index in [1.807, 2.05) is 0 Å². The fourth-order valence-corrected chi connectivity index (χ4v) is 9.52. The maximum Gasteiger partial charge on any atom is 0.106 e. The van der Waals surface area contributed by atoms with E-state index in [1.54, 1.807) is 0 Å². The van der Waals surface area contributed by atoms with E-state index in [-0.39, 0.29) is 0 Å². The molecule has 0 amide bonds. The summed E-state index contributed by atoms with van der Waals surface area (Å²) >= 11 is 0. The van der Waals surface area contributed by atoms with Gasteiger partial charge in [-0.15, -0.1) is 0 Å². The molecule has 0 radical (unpaired) electrons. The standard InChI is InChI=1S/C51H102N2/c1-6-11-16-20-24-27-29-31-34-37-41-45-51(43-39-35-32-26-22-18-13-8-3,44-40-36-33-30-28-25-21-17-12-7-2)50-52(46-15-10-5)48-49-53(50)47-42-38-23-19-14-9-4/h48-50H,6-47H2,1-5H3. The molecule has 1 heterocycles. The molecule has 1 rings (SSSR count). The third kappa shape index (κ3) is 26.8. The van der Waals surface area contributed by atoms with Crippen LogP contribution in [0.25, 0.3) is 0 Å². The second-order valence-electron chi connectivity index (χ2n) is 18.1. The molecule has 0 aliphatic carbocycles. The molecule has 0 saturated heterocycles. The molecule has 0 aromatic carbocycles. The van der Waals surface area contributed by atoms with Crippen molar-refractivity contribution in [1.82, 2.24) is 9.80 Å². The van der Waals surface area contributed by atoms with Crippen LogP contribution in [0.2, 0.25) is 0 Å². The molecule has 0 aromatic rings. The van der Waals surface area contributed by atoms with Gasteiger partial charge in [0, 0.05) is 30.9 Å². The maximum absolute atomic E-state index is 2.90. The summed E-state index contributed by atoms with van der Waals surface area (Å²) in [6.45, 7) is 14.3. The number of nitrogens with zero attached hydrogens (tertiary/aromatic N) is 2. The van der Waals surface area contributed by atoms with Gasteiger partial charge in [-0.05, 0) is 32.1 Å². The van der Waals surface area contributed by atoms with E-state index in [9.17, 15) is 0 Å². The first-order valence-corrected chi connectivity index (χ1v) is 25.4. The molecule has 2 atom stereocenters. The molecule has 0 aromatic heterocycles. The van der Waals surface area contributed by atoms with Gasteiger partial charge in [-0.2, -0.15) is 0 Å². The molecule has 316 valence electrons. The lowest BCUT2D eigenvalue weighted by molar-refractivity contribution is -0.0109. The molecular weight excluding hydrogens is 641 g/mol. The molecule has 0 N–H and O–H groups in total. The number of rotatable bonds is 43. The summed E-state index contributed by atoms with van der Waals surface area (Å²) in [7, 11) is 0. The van der Waals surface area contributed by atoms with Crippen molar-refractivity contribution in [3.8, 4) is 0 Å². The van der Waals surface area contributed by atoms with Crippen molar-refractivity contribution in [2.75, 3.05) is 13.1 Å². The normalized spacial score (nSPS) is 15.6. The van der Waals surface area contributed by atoms with Crippen LogP contribution in [0.4, 0.5) is 0 Å². The van der Waals surface area contributed by atoms with Gasteiger partial charge in [0.2, 0.25) is 0 Å². The first-order valence-electron chi connectivity index (χ1n) is 25.4. The van der Waals surface area contributed by atoms with Crippen LogP contribution in [0.3, 0.4) is 0 Å². The van der Waals surface area contributed by atoms with Crippen LogP contribution < -0.4 is 0 Å². The molecule has 0 spiro atoms. The summed E-state index contributed by atoms with van der Waals surface area (Å²) < 4.78 is 0. The Labute approximate surface area is 337 Å². The summed E-state index contributed by atoms with van der Waals surface area (Å²) in [5.74, 6) is 0. The molecule has 0 fully saturated rings. The Morgan fingerprint density at radius 2 is 0.509 bits per heavy atom. The van der Waals surface area contributed by atoms with Gasteiger partial charge < -0.3 is 9.80 Å². The van der Waals surface area contributed by atoms with Gasteiger partial charge in [0.1, 0.15) is 6.17 Å². The SMILES string of the molecule is CCCCCCCCCCCCCC(CCCCCCCCCC)(CCCCCCCCCCCC)C1N(CCCC)C=CN1CCCCCCCC. The molecule has 1 aliphatic rings. The second-order valence-corrected chi connectivity index (χ2v) is 18.1. The lowest BCUT2D eigenvalue weighted by Gasteiger charge is -2.48. The van der Waals surface area contributed by atoms with Gasteiger partial charge in [0.25, 0.3) is 0 Å². The molecular formula is C51H102N2. The molecule has 0 saturated carbocycles. The monoisotopic (exact) mass is 743 g/mol. The van der Waals surface area contributed by atoms with Gasteiger partial charge in [-0.3, -0.25) is 0 Å². The average Bonchev–Trinajstić information content (AvgIpc) is 3.58. The van der Waals surface area contributed by atoms with E-state index in [0.29, 0.717) is 11.6 Å². The van der Waals surface area contributed by atoms with E-state index in [2.05, 4.69) is 56.8 Å². The predicted octanol–water partition coefficient (Wildman–Crippen LogP) is 18.1. The number of hydrogen-bond donors (Lipinski definition) is 0. The maximum atomic E-state index is 2.90. The van der Waals surface area contributed by atoms with Crippen LogP contribution in [0.5, 0.6) is 0 Å². The summed E-state index contributed by atoms with van der Waals surface area (Å²) in [4.78, 5) is 5.77. The van der Waals surface area contributed by atoms with Crippen molar-refractivity contribution in [1.29, 1.82) is 0 Å². The van der Waals surface area contributed by atoms with Crippen molar-refractivity contribution < 1.29 is 0 Å². The van der Waals surface area contributed by atoms with Crippen molar-refractivity contribution in [3.05, 3.63) is 12.4 Å². The second kappa shape index (κ2) is 38.2. The highest BCUT2D eigenvalue weighted by atomic mass is 15.4. The van der Waals surface area contributed by atoms with Crippen LogP contribution in [0.15, 0.2) is 12.4 Å². The number of hydrogen-bond acceptors (Lipinski definition) is 2. The van der Waals surface area contributed by atoms with Gasteiger partial charge in [-0.25, -0.2) is 0 Å². The first kappa shape index (κ1) is 50.4. The highest BCUT2D eigenvalue weighted by Gasteiger charge is 2.44. The quantitative estimate of drug-likeness (QED) is 0.0574. The molecule has 53 heavy (non-hydrogen) atoms. The summed E-state index contributed by atoms with van der Waals surface area (Å²) in [5, 5.41) is 0. The lowest BCUT2D eigenvalue weighted by atomic mass is 9.70. The molecule has 2 heteroatoms. The van der Waals surface area contributed by atoms with Crippen LogP contribution in [0.1, 0.15) is 291 Å². The molecule has 2 unspecified atom stereocenters. The highest BCUT2D eigenvalue weighted by Crippen LogP contribution is 2.46. The zero-order valence-corrected chi connectivity index (χ0v) is 37.8.